The quantitative estimate of drug-likeness (QED) is 0.511. The molecule has 0 aliphatic carbocycles. The molecule has 1 atom stereocenters. The van der Waals surface area contributed by atoms with Crippen LogP contribution in [0.2, 0.25) is 0 Å². The molecule has 3 aromatic rings. The van der Waals surface area contributed by atoms with E-state index in [9.17, 15) is 23.1 Å². The molecule has 0 spiro atoms. The molecule has 0 saturated heterocycles. The SMILES string of the molecule is CC(=O)Nc1ccc(-c2cccc(C(C)N(C)C(=O)c3cc(S(N)(=O)=O)ccc3O)c2)cc1. The minimum Gasteiger partial charge on any atom is -0.507 e. The lowest BCUT2D eigenvalue weighted by molar-refractivity contribution is -0.114. The number of hydrogen-bond donors (Lipinski definition) is 3. The molecule has 0 fully saturated rings. The van der Waals surface area contributed by atoms with Gasteiger partial charge in [-0.1, -0.05) is 30.3 Å². The van der Waals surface area contributed by atoms with Crippen LogP contribution in [0.3, 0.4) is 0 Å². The van der Waals surface area contributed by atoms with Crippen molar-refractivity contribution in [2.45, 2.75) is 24.8 Å². The van der Waals surface area contributed by atoms with Crippen LogP contribution in [0.4, 0.5) is 5.69 Å². The van der Waals surface area contributed by atoms with Crippen molar-refractivity contribution in [1.29, 1.82) is 0 Å². The highest BCUT2D eigenvalue weighted by Crippen LogP contribution is 2.29. The smallest absolute Gasteiger partial charge is 0.257 e. The number of nitrogens with zero attached hydrogens (tertiary/aromatic N) is 1. The molecular weight excluding hydrogens is 442 g/mol. The fraction of sp³-hybridized carbons (Fsp3) is 0.167. The van der Waals surface area contributed by atoms with E-state index in [1.807, 2.05) is 55.5 Å². The maximum atomic E-state index is 13.0. The van der Waals surface area contributed by atoms with Gasteiger partial charge < -0.3 is 15.3 Å². The molecule has 1 unspecified atom stereocenters. The molecule has 172 valence electrons. The van der Waals surface area contributed by atoms with Gasteiger partial charge in [0, 0.05) is 19.7 Å². The second-order valence-corrected chi connectivity index (χ2v) is 9.26. The molecule has 33 heavy (non-hydrogen) atoms. The number of primary sulfonamides is 1. The molecule has 3 aromatic carbocycles. The van der Waals surface area contributed by atoms with Crippen molar-refractivity contribution in [3.05, 3.63) is 77.9 Å². The maximum Gasteiger partial charge on any atom is 0.257 e. The van der Waals surface area contributed by atoms with Crippen molar-refractivity contribution >= 4 is 27.5 Å². The first kappa shape index (κ1) is 24.0. The molecule has 0 bridgehead atoms. The average molecular weight is 468 g/mol. The van der Waals surface area contributed by atoms with Crippen LogP contribution in [-0.2, 0) is 14.8 Å². The number of carbonyl (C=O) groups is 2. The third-order valence-corrected chi connectivity index (χ3v) is 6.25. The topological polar surface area (TPSA) is 130 Å². The summed E-state index contributed by atoms with van der Waals surface area (Å²) in [6.45, 7) is 3.28. The van der Waals surface area contributed by atoms with Gasteiger partial charge in [0.2, 0.25) is 15.9 Å². The summed E-state index contributed by atoms with van der Waals surface area (Å²) in [6, 6.07) is 18.0. The number of phenols is 1. The van der Waals surface area contributed by atoms with Gasteiger partial charge in [-0.2, -0.15) is 0 Å². The van der Waals surface area contributed by atoms with Gasteiger partial charge in [0.05, 0.1) is 16.5 Å². The highest BCUT2D eigenvalue weighted by molar-refractivity contribution is 7.89. The van der Waals surface area contributed by atoms with Gasteiger partial charge in [0.15, 0.2) is 0 Å². The lowest BCUT2D eigenvalue weighted by atomic mass is 9.99. The number of amides is 2. The van der Waals surface area contributed by atoms with E-state index >= 15 is 0 Å². The fourth-order valence-corrected chi connectivity index (χ4v) is 3.92. The van der Waals surface area contributed by atoms with Gasteiger partial charge >= 0.3 is 0 Å². The largest absolute Gasteiger partial charge is 0.507 e. The number of nitrogens with one attached hydrogen (secondary N) is 1. The normalized spacial score (nSPS) is 12.1. The predicted octanol–water partition coefficient (Wildman–Crippen LogP) is 3.50. The van der Waals surface area contributed by atoms with Crippen molar-refractivity contribution in [2.75, 3.05) is 12.4 Å². The molecule has 0 aliphatic rings. The van der Waals surface area contributed by atoms with Crippen LogP contribution in [0.25, 0.3) is 11.1 Å². The Morgan fingerprint density at radius 1 is 1.00 bits per heavy atom. The summed E-state index contributed by atoms with van der Waals surface area (Å²) in [7, 11) is -2.45. The van der Waals surface area contributed by atoms with Crippen molar-refractivity contribution in [2.24, 2.45) is 5.14 Å². The Balaban J connectivity index is 1.86. The van der Waals surface area contributed by atoms with E-state index < -0.39 is 15.9 Å². The van der Waals surface area contributed by atoms with Crippen molar-refractivity contribution < 1.29 is 23.1 Å². The van der Waals surface area contributed by atoms with Gasteiger partial charge in [-0.3, -0.25) is 9.59 Å². The van der Waals surface area contributed by atoms with Crippen LogP contribution in [0, 0.1) is 0 Å². The highest BCUT2D eigenvalue weighted by Gasteiger charge is 2.23. The number of anilines is 1. The van der Waals surface area contributed by atoms with E-state index in [4.69, 9.17) is 5.14 Å². The Hall–Kier alpha value is -3.69. The summed E-state index contributed by atoms with van der Waals surface area (Å²) in [5.74, 6) is -1.03. The second kappa shape index (κ2) is 9.43. The molecule has 0 radical (unpaired) electrons. The summed E-state index contributed by atoms with van der Waals surface area (Å²) < 4.78 is 23.3. The minimum absolute atomic E-state index is 0.146. The molecule has 9 heteroatoms. The first-order valence-corrected chi connectivity index (χ1v) is 11.6. The van der Waals surface area contributed by atoms with Crippen molar-refractivity contribution in [3.8, 4) is 16.9 Å². The Bertz CT molecular complexity index is 1300. The number of hydrogen-bond acceptors (Lipinski definition) is 5. The average Bonchev–Trinajstić information content (AvgIpc) is 2.77. The molecule has 2 amide bonds. The standard InChI is InChI=1S/C24H25N3O5S/c1-15(27(3)24(30)22-14-21(33(25,31)32)11-12-23(22)29)18-5-4-6-19(13-18)17-7-9-20(10-8-17)26-16(2)28/h4-15,29H,1-3H3,(H,26,28)(H2,25,31,32). The van der Waals surface area contributed by atoms with Crippen LogP contribution >= 0.6 is 0 Å². The van der Waals surface area contributed by atoms with E-state index in [1.54, 1.807) is 7.05 Å². The van der Waals surface area contributed by atoms with Crippen LogP contribution < -0.4 is 10.5 Å². The van der Waals surface area contributed by atoms with Crippen molar-refractivity contribution in [1.82, 2.24) is 4.90 Å². The number of benzene rings is 3. The molecule has 4 N–H and O–H groups in total. The van der Waals surface area contributed by atoms with E-state index in [0.717, 1.165) is 34.9 Å². The number of aromatic hydroxyl groups is 1. The third-order valence-electron chi connectivity index (χ3n) is 5.34. The molecular formula is C24H25N3O5S. The van der Waals surface area contributed by atoms with E-state index in [-0.39, 0.29) is 28.2 Å². The lowest BCUT2D eigenvalue weighted by Gasteiger charge is -2.26. The Morgan fingerprint density at radius 3 is 2.27 bits per heavy atom. The third kappa shape index (κ3) is 5.57. The molecule has 0 saturated carbocycles. The Morgan fingerprint density at radius 2 is 1.67 bits per heavy atom. The van der Waals surface area contributed by atoms with Crippen molar-refractivity contribution in [3.63, 3.8) is 0 Å². The second-order valence-electron chi connectivity index (χ2n) is 7.70. The Labute approximate surface area is 192 Å². The summed E-state index contributed by atoms with van der Waals surface area (Å²) in [4.78, 5) is 25.4. The van der Waals surface area contributed by atoms with Gasteiger partial charge in [-0.15, -0.1) is 0 Å². The van der Waals surface area contributed by atoms with E-state index in [1.165, 1.54) is 11.8 Å². The van der Waals surface area contributed by atoms with Gasteiger partial charge in [0.25, 0.3) is 5.91 Å². The molecule has 8 nitrogen and oxygen atoms in total. The van der Waals surface area contributed by atoms with Gasteiger partial charge in [-0.25, -0.2) is 13.6 Å². The van der Waals surface area contributed by atoms with Crippen LogP contribution in [0.15, 0.2) is 71.6 Å². The van der Waals surface area contributed by atoms with Crippen LogP contribution in [-0.4, -0.2) is 37.3 Å². The van der Waals surface area contributed by atoms with Crippen LogP contribution in [0.5, 0.6) is 5.75 Å². The summed E-state index contributed by atoms with van der Waals surface area (Å²) in [6.07, 6.45) is 0. The number of nitrogens with two attached hydrogens (primary N) is 1. The predicted molar refractivity (Wildman–Crippen MR) is 126 cm³/mol. The molecule has 0 aliphatic heterocycles. The minimum atomic E-state index is -4.02. The maximum absolute atomic E-state index is 13.0. The number of carbonyl (C=O) groups excluding carboxylic acids is 2. The lowest BCUT2D eigenvalue weighted by Crippen LogP contribution is -2.30. The molecule has 0 aromatic heterocycles. The van der Waals surface area contributed by atoms with Gasteiger partial charge in [-0.05, 0) is 60.0 Å². The number of rotatable bonds is 6. The summed E-state index contributed by atoms with van der Waals surface area (Å²) in [5, 5.41) is 18.0. The van der Waals surface area contributed by atoms with Gasteiger partial charge in [0.1, 0.15) is 5.75 Å². The zero-order chi connectivity index (χ0) is 24.3. The summed E-state index contributed by atoms with van der Waals surface area (Å²) in [5.41, 5.74) is 3.25. The zero-order valence-corrected chi connectivity index (χ0v) is 19.3. The fourth-order valence-electron chi connectivity index (χ4n) is 3.38. The first-order valence-electron chi connectivity index (χ1n) is 10.1. The first-order chi connectivity index (χ1) is 15.5. The number of phenolic OH excluding ortho intramolecular Hbond substituents is 1. The van der Waals surface area contributed by atoms with E-state index in [0.29, 0.717) is 5.69 Å². The molecule has 3 rings (SSSR count). The Kier molecular flexibility index (Phi) is 6.85. The zero-order valence-electron chi connectivity index (χ0n) is 18.4. The van der Waals surface area contributed by atoms with Crippen LogP contribution in [0.1, 0.15) is 35.8 Å². The highest BCUT2D eigenvalue weighted by atomic mass is 32.2. The number of sulfonamides is 1. The van der Waals surface area contributed by atoms with E-state index in [2.05, 4.69) is 5.32 Å². The molecule has 0 heterocycles. The monoisotopic (exact) mass is 467 g/mol. The summed E-state index contributed by atoms with van der Waals surface area (Å²) >= 11 is 0.